The van der Waals surface area contributed by atoms with Gasteiger partial charge in [0.15, 0.2) is 5.16 Å². The van der Waals surface area contributed by atoms with Gasteiger partial charge in [0.2, 0.25) is 0 Å². The van der Waals surface area contributed by atoms with Gasteiger partial charge in [-0.3, -0.25) is 0 Å². The van der Waals surface area contributed by atoms with Gasteiger partial charge in [-0.2, -0.15) is 5.26 Å². The van der Waals surface area contributed by atoms with Crippen molar-refractivity contribution in [3.63, 3.8) is 0 Å². The van der Waals surface area contributed by atoms with Crippen molar-refractivity contribution in [2.75, 3.05) is 0 Å². The van der Waals surface area contributed by atoms with Crippen LogP contribution in [0.1, 0.15) is 17.0 Å². The van der Waals surface area contributed by atoms with Crippen LogP contribution in [-0.4, -0.2) is 14.5 Å². The summed E-state index contributed by atoms with van der Waals surface area (Å²) in [7, 11) is 0. The van der Waals surface area contributed by atoms with Gasteiger partial charge in [-0.05, 0) is 67.6 Å². The van der Waals surface area contributed by atoms with Gasteiger partial charge in [-0.1, -0.05) is 35.9 Å². The number of benzene rings is 2. The highest BCUT2D eigenvalue weighted by molar-refractivity contribution is 8.03. The van der Waals surface area contributed by atoms with Gasteiger partial charge in [0.25, 0.3) is 0 Å². The van der Waals surface area contributed by atoms with Crippen LogP contribution in [0.5, 0.6) is 0 Å². The molecule has 0 atom stereocenters. The molecule has 2 heterocycles. The lowest BCUT2D eigenvalue weighted by Crippen LogP contribution is -1.99. The fraction of sp³-hybridized carbons (Fsp3) is 0.0909. The molecule has 28 heavy (non-hydrogen) atoms. The highest BCUT2D eigenvalue weighted by Gasteiger charge is 2.13. The lowest BCUT2D eigenvalue weighted by molar-refractivity contribution is 0.965. The number of nitriles is 1. The SMILES string of the molecule is Cc1cc(/C=C(\C#N)Sc2nc3ccccc3[nH]2)c(C)n1-c1ccccc1Cl. The Balaban J connectivity index is 1.70. The maximum absolute atomic E-state index is 9.64. The Kier molecular flexibility index (Phi) is 4.99. The Hall–Kier alpha value is -2.94. The molecule has 0 fully saturated rings. The van der Waals surface area contributed by atoms with Crippen molar-refractivity contribution >= 4 is 40.5 Å². The van der Waals surface area contributed by atoms with E-state index < -0.39 is 0 Å². The number of H-pyrrole nitrogens is 1. The summed E-state index contributed by atoms with van der Waals surface area (Å²) in [4.78, 5) is 8.36. The molecule has 0 bridgehead atoms. The Labute approximate surface area is 172 Å². The quantitative estimate of drug-likeness (QED) is 0.321. The van der Waals surface area contributed by atoms with Crippen molar-refractivity contribution in [3.8, 4) is 11.8 Å². The number of imidazole rings is 1. The number of aryl methyl sites for hydroxylation is 1. The first kappa shape index (κ1) is 18.4. The smallest absolute Gasteiger partial charge is 0.171 e. The molecule has 0 radical (unpaired) electrons. The first-order valence-corrected chi connectivity index (χ1v) is 9.94. The maximum atomic E-state index is 9.64. The van der Waals surface area contributed by atoms with Gasteiger partial charge in [0.05, 0.1) is 26.6 Å². The van der Waals surface area contributed by atoms with Gasteiger partial charge in [0.1, 0.15) is 6.07 Å². The summed E-state index contributed by atoms with van der Waals surface area (Å²) >= 11 is 7.72. The third kappa shape index (κ3) is 3.45. The lowest BCUT2D eigenvalue weighted by Gasteiger charge is -2.11. The van der Waals surface area contributed by atoms with Gasteiger partial charge >= 0.3 is 0 Å². The van der Waals surface area contributed by atoms with Gasteiger partial charge < -0.3 is 9.55 Å². The predicted octanol–water partition coefficient (Wildman–Crippen LogP) is 6.28. The van der Waals surface area contributed by atoms with E-state index >= 15 is 0 Å². The Bertz CT molecular complexity index is 1210. The minimum Gasteiger partial charge on any atom is -0.333 e. The zero-order valence-corrected chi connectivity index (χ0v) is 17.0. The van der Waals surface area contributed by atoms with Crippen LogP contribution in [0.2, 0.25) is 5.02 Å². The third-order valence-electron chi connectivity index (χ3n) is 4.53. The number of rotatable bonds is 4. The molecule has 138 valence electrons. The molecule has 0 saturated carbocycles. The van der Waals surface area contributed by atoms with Crippen molar-refractivity contribution in [2.45, 2.75) is 19.0 Å². The van der Waals surface area contributed by atoms with E-state index in [0.29, 0.717) is 15.1 Å². The van der Waals surface area contributed by atoms with Crippen molar-refractivity contribution in [3.05, 3.63) is 81.5 Å². The van der Waals surface area contributed by atoms with E-state index in [9.17, 15) is 5.26 Å². The molecule has 2 aromatic heterocycles. The van der Waals surface area contributed by atoms with Crippen LogP contribution in [0.3, 0.4) is 0 Å². The van der Waals surface area contributed by atoms with E-state index in [1.807, 2.05) is 68.5 Å². The van der Waals surface area contributed by atoms with Crippen LogP contribution in [-0.2, 0) is 0 Å². The average Bonchev–Trinajstić information content (AvgIpc) is 3.22. The second-order valence-corrected chi connectivity index (χ2v) is 7.83. The zero-order chi connectivity index (χ0) is 19.7. The van der Waals surface area contributed by atoms with Crippen molar-refractivity contribution < 1.29 is 0 Å². The maximum Gasteiger partial charge on any atom is 0.171 e. The molecule has 2 aromatic carbocycles. The van der Waals surface area contributed by atoms with E-state index in [-0.39, 0.29) is 0 Å². The van der Waals surface area contributed by atoms with E-state index in [2.05, 4.69) is 26.7 Å². The second-order valence-electron chi connectivity index (χ2n) is 6.39. The van der Waals surface area contributed by atoms with Crippen molar-refractivity contribution in [1.29, 1.82) is 5.26 Å². The highest BCUT2D eigenvalue weighted by atomic mass is 35.5. The first-order valence-electron chi connectivity index (χ1n) is 8.75. The Morgan fingerprint density at radius 1 is 1.18 bits per heavy atom. The molecule has 0 saturated heterocycles. The number of hydrogen-bond donors (Lipinski definition) is 1. The topological polar surface area (TPSA) is 57.4 Å². The summed E-state index contributed by atoms with van der Waals surface area (Å²) in [5.74, 6) is 0. The van der Waals surface area contributed by atoms with E-state index in [1.54, 1.807) is 0 Å². The number of thioether (sulfide) groups is 1. The molecular formula is C22H17ClN4S. The summed E-state index contributed by atoms with van der Waals surface area (Å²) < 4.78 is 2.11. The number of aromatic amines is 1. The lowest BCUT2D eigenvalue weighted by atomic mass is 10.2. The third-order valence-corrected chi connectivity index (χ3v) is 5.67. The minimum absolute atomic E-state index is 0.568. The van der Waals surface area contributed by atoms with Crippen LogP contribution < -0.4 is 0 Å². The standard InChI is InChI=1S/C22H17ClN4S/c1-14-11-16(15(2)27(14)21-10-6-3-7-18(21)23)12-17(13-24)28-22-25-19-8-4-5-9-20(19)26-22/h3-12H,1-2H3,(H,25,26)/b17-12+. The number of hydrogen-bond acceptors (Lipinski definition) is 3. The van der Waals surface area contributed by atoms with Crippen LogP contribution in [0.25, 0.3) is 22.8 Å². The highest BCUT2D eigenvalue weighted by Crippen LogP contribution is 2.31. The second kappa shape index (κ2) is 7.59. The number of halogens is 1. The molecule has 0 spiro atoms. The van der Waals surface area contributed by atoms with E-state index in [1.165, 1.54) is 11.8 Å². The molecule has 0 unspecified atom stereocenters. The molecular weight excluding hydrogens is 388 g/mol. The first-order chi connectivity index (χ1) is 13.6. The Morgan fingerprint density at radius 3 is 2.68 bits per heavy atom. The number of allylic oxidation sites excluding steroid dienone is 1. The van der Waals surface area contributed by atoms with Gasteiger partial charge in [0, 0.05) is 11.4 Å². The van der Waals surface area contributed by atoms with Gasteiger partial charge in [-0.15, -0.1) is 0 Å². The summed E-state index contributed by atoms with van der Waals surface area (Å²) in [5.41, 5.74) is 5.85. The number of nitrogens with one attached hydrogen (secondary N) is 1. The predicted molar refractivity (Wildman–Crippen MR) is 116 cm³/mol. The molecule has 1 N–H and O–H groups in total. The normalized spacial score (nSPS) is 11.7. The van der Waals surface area contributed by atoms with Crippen molar-refractivity contribution in [1.82, 2.24) is 14.5 Å². The van der Waals surface area contributed by atoms with Crippen LogP contribution in [0.15, 0.2) is 64.7 Å². The summed E-state index contributed by atoms with van der Waals surface area (Å²) in [6, 6.07) is 19.9. The number of nitrogens with zero attached hydrogens (tertiary/aromatic N) is 3. The number of fused-ring (bicyclic) bond motifs is 1. The van der Waals surface area contributed by atoms with Gasteiger partial charge in [-0.25, -0.2) is 4.98 Å². The number of aromatic nitrogens is 3. The molecule has 0 aliphatic rings. The average molecular weight is 405 g/mol. The molecule has 0 amide bonds. The molecule has 4 rings (SSSR count). The fourth-order valence-electron chi connectivity index (χ4n) is 3.25. The van der Waals surface area contributed by atoms with E-state index in [0.717, 1.165) is 33.7 Å². The number of para-hydroxylation sites is 3. The fourth-order valence-corrected chi connectivity index (χ4v) is 4.21. The summed E-state index contributed by atoms with van der Waals surface area (Å²) in [5, 5.41) is 11.0. The van der Waals surface area contributed by atoms with Crippen LogP contribution in [0, 0.1) is 25.2 Å². The monoisotopic (exact) mass is 404 g/mol. The summed E-state index contributed by atoms with van der Waals surface area (Å²) in [6.07, 6.45) is 1.90. The van der Waals surface area contributed by atoms with Crippen molar-refractivity contribution in [2.24, 2.45) is 0 Å². The minimum atomic E-state index is 0.568. The molecule has 4 nitrogen and oxygen atoms in total. The largest absolute Gasteiger partial charge is 0.333 e. The molecule has 6 heteroatoms. The Morgan fingerprint density at radius 2 is 1.93 bits per heavy atom. The molecule has 4 aromatic rings. The van der Waals surface area contributed by atoms with E-state index in [4.69, 9.17) is 11.6 Å². The van der Waals surface area contributed by atoms with Crippen LogP contribution in [0.4, 0.5) is 0 Å². The molecule has 0 aliphatic heterocycles. The zero-order valence-electron chi connectivity index (χ0n) is 15.4. The van der Waals surface area contributed by atoms with Crippen LogP contribution >= 0.6 is 23.4 Å². The molecule has 0 aliphatic carbocycles. The summed E-state index contributed by atoms with van der Waals surface area (Å²) in [6.45, 7) is 4.06.